The van der Waals surface area contributed by atoms with E-state index in [1.807, 2.05) is 0 Å². The lowest BCUT2D eigenvalue weighted by Gasteiger charge is -2.18. The van der Waals surface area contributed by atoms with Gasteiger partial charge in [-0.2, -0.15) is 26.3 Å². The van der Waals surface area contributed by atoms with Crippen LogP contribution in [0.2, 0.25) is 10.0 Å². The van der Waals surface area contributed by atoms with Crippen molar-refractivity contribution in [2.45, 2.75) is 12.4 Å². The lowest BCUT2D eigenvalue weighted by Crippen LogP contribution is -2.20. The number of alkyl halides is 6. The molecule has 1 rings (SSSR count). The SMILES string of the molecule is Fc1c(F)c(C(F)(F)F)c(C(F)(F)F)c(Cl)c1Cl. The van der Waals surface area contributed by atoms with Gasteiger partial charge in [0, 0.05) is 0 Å². The quantitative estimate of drug-likeness (QED) is 0.345. The fraction of sp³-hybridized carbons (Fsp3) is 0.250. The zero-order chi connectivity index (χ0) is 14.5. The Morgan fingerprint density at radius 1 is 0.611 bits per heavy atom. The van der Waals surface area contributed by atoms with Gasteiger partial charge in [0.25, 0.3) is 0 Å². The fourth-order valence-electron chi connectivity index (χ4n) is 1.16. The summed E-state index contributed by atoms with van der Waals surface area (Å²) in [5, 5.41) is -3.30. The summed E-state index contributed by atoms with van der Waals surface area (Å²) >= 11 is 9.81. The average Bonchev–Trinajstić information content (AvgIpc) is 2.16. The van der Waals surface area contributed by atoms with E-state index in [9.17, 15) is 35.1 Å². The van der Waals surface area contributed by atoms with Crippen molar-refractivity contribution in [2.24, 2.45) is 0 Å². The van der Waals surface area contributed by atoms with Crippen LogP contribution in [-0.2, 0) is 12.4 Å². The summed E-state index contributed by atoms with van der Waals surface area (Å²) in [5.41, 5.74) is -5.39. The Bertz CT molecular complexity index is 443. The van der Waals surface area contributed by atoms with Gasteiger partial charge in [-0.05, 0) is 0 Å². The molecule has 102 valence electrons. The van der Waals surface area contributed by atoms with Crippen LogP contribution in [0, 0.1) is 11.6 Å². The molecule has 0 aliphatic carbocycles. The summed E-state index contributed by atoms with van der Waals surface area (Å²) in [7, 11) is 0. The molecular weight excluding hydrogens is 319 g/mol. The molecule has 0 bridgehead atoms. The Labute approximate surface area is 104 Å². The number of benzene rings is 1. The summed E-state index contributed by atoms with van der Waals surface area (Å²) < 4.78 is 100. The van der Waals surface area contributed by atoms with Gasteiger partial charge in [-0.25, -0.2) is 8.78 Å². The first-order valence-electron chi connectivity index (χ1n) is 3.89. The molecular formula is C8Cl2F8. The number of rotatable bonds is 0. The highest BCUT2D eigenvalue weighted by molar-refractivity contribution is 6.42. The van der Waals surface area contributed by atoms with E-state index >= 15 is 0 Å². The Kier molecular flexibility index (Phi) is 3.75. The molecule has 0 amide bonds. The molecule has 1 aromatic carbocycles. The highest BCUT2D eigenvalue weighted by Gasteiger charge is 2.49. The predicted octanol–water partition coefficient (Wildman–Crippen LogP) is 5.31. The van der Waals surface area contributed by atoms with Gasteiger partial charge in [-0.3, -0.25) is 0 Å². The minimum atomic E-state index is -5.77. The standard InChI is InChI=1S/C8Cl2F8/c9-3-1(7(13,14)15)2(8(16,17)18)5(11)6(12)4(3)10. The molecule has 0 nitrogen and oxygen atoms in total. The van der Waals surface area contributed by atoms with E-state index in [-0.39, 0.29) is 0 Å². The van der Waals surface area contributed by atoms with Crippen LogP contribution in [0.3, 0.4) is 0 Å². The number of halogens is 10. The molecule has 0 N–H and O–H groups in total. The third-order valence-electron chi connectivity index (χ3n) is 1.83. The van der Waals surface area contributed by atoms with Crippen molar-refractivity contribution in [1.29, 1.82) is 0 Å². The molecule has 0 aliphatic rings. The largest absolute Gasteiger partial charge is 0.419 e. The summed E-state index contributed by atoms with van der Waals surface area (Å²) in [6, 6.07) is 0. The summed E-state index contributed by atoms with van der Waals surface area (Å²) in [5.74, 6) is -5.04. The second kappa shape index (κ2) is 4.41. The molecule has 0 saturated heterocycles. The van der Waals surface area contributed by atoms with Crippen LogP contribution in [-0.4, -0.2) is 0 Å². The van der Waals surface area contributed by atoms with Crippen LogP contribution in [0.4, 0.5) is 35.1 Å². The fourth-order valence-corrected chi connectivity index (χ4v) is 1.63. The minimum Gasteiger partial charge on any atom is -0.203 e. The second-order valence-corrected chi connectivity index (χ2v) is 3.76. The van der Waals surface area contributed by atoms with Gasteiger partial charge in [0.2, 0.25) is 0 Å². The second-order valence-electron chi connectivity index (χ2n) is 3.00. The zero-order valence-electron chi connectivity index (χ0n) is 7.78. The van der Waals surface area contributed by atoms with E-state index in [0.29, 0.717) is 0 Å². The van der Waals surface area contributed by atoms with Crippen molar-refractivity contribution in [3.63, 3.8) is 0 Å². The van der Waals surface area contributed by atoms with Gasteiger partial charge < -0.3 is 0 Å². The summed E-state index contributed by atoms with van der Waals surface area (Å²) in [4.78, 5) is 0. The molecule has 10 heteroatoms. The van der Waals surface area contributed by atoms with E-state index in [4.69, 9.17) is 23.2 Å². The van der Waals surface area contributed by atoms with Crippen molar-refractivity contribution < 1.29 is 35.1 Å². The van der Waals surface area contributed by atoms with Crippen LogP contribution in [0.1, 0.15) is 11.1 Å². The molecule has 0 aliphatic heterocycles. The smallest absolute Gasteiger partial charge is 0.203 e. The maximum atomic E-state index is 13.0. The minimum absolute atomic E-state index is 1.56. The maximum absolute atomic E-state index is 13.0. The third-order valence-corrected chi connectivity index (χ3v) is 2.66. The van der Waals surface area contributed by atoms with Crippen molar-refractivity contribution in [1.82, 2.24) is 0 Å². The predicted molar refractivity (Wildman–Crippen MR) is 46.4 cm³/mol. The van der Waals surface area contributed by atoms with Gasteiger partial charge in [0.1, 0.15) is 5.56 Å². The molecule has 0 radical (unpaired) electrons. The Morgan fingerprint density at radius 3 is 1.33 bits per heavy atom. The monoisotopic (exact) mass is 318 g/mol. The van der Waals surface area contributed by atoms with Crippen LogP contribution in [0.25, 0.3) is 0 Å². The molecule has 0 spiro atoms. The third kappa shape index (κ3) is 2.49. The van der Waals surface area contributed by atoms with Crippen LogP contribution in [0.5, 0.6) is 0 Å². The Hall–Kier alpha value is -0.760. The lowest BCUT2D eigenvalue weighted by atomic mass is 10.1. The van der Waals surface area contributed by atoms with Gasteiger partial charge >= 0.3 is 12.4 Å². The molecule has 0 fully saturated rings. The Morgan fingerprint density at radius 2 is 1.00 bits per heavy atom. The molecule has 1 aromatic rings. The van der Waals surface area contributed by atoms with Gasteiger partial charge in [0.15, 0.2) is 11.6 Å². The van der Waals surface area contributed by atoms with E-state index in [2.05, 4.69) is 0 Å². The molecule has 0 atom stereocenters. The average molecular weight is 319 g/mol. The van der Waals surface area contributed by atoms with Crippen LogP contribution < -0.4 is 0 Å². The van der Waals surface area contributed by atoms with Crippen LogP contribution >= 0.6 is 23.2 Å². The molecule has 18 heavy (non-hydrogen) atoms. The highest BCUT2D eigenvalue weighted by atomic mass is 35.5. The first-order valence-corrected chi connectivity index (χ1v) is 4.65. The van der Waals surface area contributed by atoms with E-state index in [0.717, 1.165) is 0 Å². The highest BCUT2D eigenvalue weighted by Crippen LogP contribution is 2.48. The van der Waals surface area contributed by atoms with Crippen molar-refractivity contribution in [3.8, 4) is 0 Å². The lowest BCUT2D eigenvalue weighted by molar-refractivity contribution is -0.164. The van der Waals surface area contributed by atoms with Crippen molar-refractivity contribution in [2.75, 3.05) is 0 Å². The Balaban J connectivity index is 3.89. The van der Waals surface area contributed by atoms with E-state index in [1.165, 1.54) is 0 Å². The first kappa shape index (κ1) is 15.3. The van der Waals surface area contributed by atoms with E-state index < -0.39 is 45.2 Å². The van der Waals surface area contributed by atoms with Gasteiger partial charge in [-0.1, -0.05) is 23.2 Å². The number of hydrogen-bond acceptors (Lipinski definition) is 0. The summed E-state index contributed by atoms with van der Waals surface area (Å²) in [6.45, 7) is 0. The van der Waals surface area contributed by atoms with Crippen molar-refractivity contribution in [3.05, 3.63) is 32.8 Å². The van der Waals surface area contributed by atoms with E-state index in [1.54, 1.807) is 0 Å². The topological polar surface area (TPSA) is 0 Å². The molecule has 0 aromatic heterocycles. The molecule has 0 heterocycles. The van der Waals surface area contributed by atoms with Crippen molar-refractivity contribution >= 4 is 23.2 Å². The van der Waals surface area contributed by atoms with Gasteiger partial charge in [0.05, 0.1) is 15.6 Å². The zero-order valence-corrected chi connectivity index (χ0v) is 9.29. The molecule has 0 unspecified atom stereocenters. The summed E-state index contributed by atoms with van der Waals surface area (Å²) in [6.07, 6.45) is -11.4. The maximum Gasteiger partial charge on any atom is 0.419 e. The van der Waals surface area contributed by atoms with Gasteiger partial charge in [-0.15, -0.1) is 0 Å². The number of hydrogen-bond donors (Lipinski definition) is 0. The normalized spacial score (nSPS) is 13.0. The first-order chi connectivity index (χ1) is 7.89. The van der Waals surface area contributed by atoms with Crippen LogP contribution in [0.15, 0.2) is 0 Å². The molecule has 0 saturated carbocycles.